The van der Waals surface area contributed by atoms with Crippen LogP contribution in [0.4, 0.5) is 5.13 Å². The molecule has 0 bridgehead atoms. The normalized spacial score (nSPS) is 16.0. The number of hydrogen-bond acceptors (Lipinski definition) is 6. The highest BCUT2D eigenvalue weighted by atomic mass is 35.5. The van der Waals surface area contributed by atoms with Crippen molar-refractivity contribution in [3.8, 4) is 0 Å². The van der Waals surface area contributed by atoms with Crippen molar-refractivity contribution in [2.24, 2.45) is 0 Å². The molecule has 1 aliphatic rings. The number of nitrogens with zero attached hydrogens (tertiary/aromatic N) is 3. The summed E-state index contributed by atoms with van der Waals surface area (Å²) in [6.45, 7) is 1.71. The molecule has 0 saturated heterocycles. The molecule has 1 heterocycles. The molecule has 21 heavy (non-hydrogen) atoms. The molecule has 0 spiro atoms. The third-order valence-corrected chi connectivity index (χ3v) is 6.62. The lowest BCUT2D eigenvalue weighted by Gasteiger charge is -2.35. The minimum Gasteiger partial charge on any atom is -0.301 e. The summed E-state index contributed by atoms with van der Waals surface area (Å²) in [4.78, 5) is 11.0. The van der Waals surface area contributed by atoms with Crippen LogP contribution in [0.5, 0.6) is 0 Å². The molecular weight excluding hydrogens is 336 g/mol. The Morgan fingerprint density at radius 1 is 1.48 bits per heavy atom. The fourth-order valence-electron chi connectivity index (χ4n) is 2.00. The molecule has 1 aromatic heterocycles. The van der Waals surface area contributed by atoms with E-state index in [0.29, 0.717) is 18.8 Å². The lowest BCUT2D eigenvalue weighted by molar-refractivity contribution is -0.114. The van der Waals surface area contributed by atoms with Crippen molar-refractivity contribution < 1.29 is 13.2 Å². The number of carbonyl (C=O) groups is 1. The van der Waals surface area contributed by atoms with E-state index in [1.54, 1.807) is 0 Å². The number of halogens is 1. The van der Waals surface area contributed by atoms with Gasteiger partial charge in [-0.3, -0.25) is 4.79 Å². The topological polar surface area (TPSA) is 92.3 Å². The highest BCUT2D eigenvalue weighted by Gasteiger charge is 2.36. The first-order chi connectivity index (χ1) is 9.95. The van der Waals surface area contributed by atoms with Gasteiger partial charge in [-0.15, -0.1) is 21.8 Å². The van der Waals surface area contributed by atoms with E-state index >= 15 is 0 Å². The third kappa shape index (κ3) is 3.91. The zero-order valence-electron chi connectivity index (χ0n) is 11.6. The second kappa shape index (κ2) is 6.99. The average Bonchev–Trinajstić information content (AvgIpc) is 2.80. The highest BCUT2D eigenvalue weighted by molar-refractivity contribution is 7.91. The zero-order chi connectivity index (χ0) is 15.5. The molecule has 10 heteroatoms. The van der Waals surface area contributed by atoms with E-state index in [1.807, 2.05) is 0 Å². The Balaban J connectivity index is 2.20. The summed E-state index contributed by atoms with van der Waals surface area (Å²) in [6, 6.07) is 0.0198. The van der Waals surface area contributed by atoms with Crippen molar-refractivity contribution in [1.29, 1.82) is 0 Å². The maximum atomic E-state index is 12.6. The van der Waals surface area contributed by atoms with Gasteiger partial charge in [0.1, 0.15) is 0 Å². The summed E-state index contributed by atoms with van der Waals surface area (Å²) in [5.41, 5.74) is 0. The first-order valence-electron chi connectivity index (χ1n) is 6.64. The lowest BCUT2D eigenvalue weighted by atomic mass is 9.93. The number of carbonyl (C=O) groups excluding carboxylic acids is 1. The number of anilines is 1. The number of sulfonamides is 1. The fourth-order valence-corrected chi connectivity index (χ4v) is 4.91. The Bertz CT molecular complexity index is 600. The Morgan fingerprint density at radius 3 is 2.71 bits per heavy atom. The van der Waals surface area contributed by atoms with Crippen LogP contribution in [0.1, 0.15) is 32.6 Å². The van der Waals surface area contributed by atoms with Crippen molar-refractivity contribution in [2.75, 3.05) is 17.7 Å². The van der Waals surface area contributed by atoms with Crippen LogP contribution in [0, 0.1) is 0 Å². The molecule has 1 aromatic rings. The number of amides is 1. The molecule has 1 N–H and O–H groups in total. The van der Waals surface area contributed by atoms with Crippen LogP contribution in [-0.2, 0) is 14.8 Å². The smallest absolute Gasteiger partial charge is 0.272 e. The molecule has 0 atom stereocenters. The van der Waals surface area contributed by atoms with Crippen LogP contribution >= 0.6 is 22.9 Å². The van der Waals surface area contributed by atoms with E-state index in [9.17, 15) is 13.2 Å². The lowest BCUT2D eigenvalue weighted by Crippen LogP contribution is -2.44. The second-order valence-electron chi connectivity index (χ2n) is 4.80. The largest absolute Gasteiger partial charge is 0.301 e. The first-order valence-corrected chi connectivity index (χ1v) is 9.43. The molecule has 0 radical (unpaired) electrons. The molecule has 1 fully saturated rings. The van der Waals surface area contributed by atoms with Gasteiger partial charge in [-0.2, -0.15) is 4.31 Å². The van der Waals surface area contributed by atoms with Crippen LogP contribution in [-0.4, -0.2) is 47.3 Å². The summed E-state index contributed by atoms with van der Waals surface area (Å²) in [7, 11) is -3.68. The summed E-state index contributed by atoms with van der Waals surface area (Å²) < 4.78 is 26.7. The Kier molecular flexibility index (Phi) is 5.53. The predicted octanol–water partition coefficient (Wildman–Crippen LogP) is 1.67. The minimum atomic E-state index is -3.68. The minimum absolute atomic E-state index is 0.0198. The van der Waals surface area contributed by atoms with E-state index in [2.05, 4.69) is 15.5 Å². The molecule has 0 aromatic carbocycles. The van der Waals surface area contributed by atoms with Crippen molar-refractivity contribution in [2.45, 2.75) is 43.0 Å². The van der Waals surface area contributed by atoms with Crippen molar-refractivity contribution in [3.63, 3.8) is 0 Å². The molecular formula is C11H17ClN4O3S2. The maximum absolute atomic E-state index is 12.6. The van der Waals surface area contributed by atoms with E-state index < -0.39 is 10.0 Å². The van der Waals surface area contributed by atoms with Gasteiger partial charge in [0.05, 0.1) is 0 Å². The van der Waals surface area contributed by atoms with Gasteiger partial charge in [0, 0.05) is 25.4 Å². The summed E-state index contributed by atoms with van der Waals surface area (Å²) in [5.74, 6) is 0.0968. The molecule has 118 valence electrons. The van der Waals surface area contributed by atoms with E-state index in [4.69, 9.17) is 11.6 Å². The molecule has 1 saturated carbocycles. The number of alkyl halides is 1. The SMILES string of the molecule is CC(=O)Nc1nnc(S(=O)(=O)N(CCCCl)C2CCC2)s1. The third-order valence-electron chi connectivity index (χ3n) is 3.21. The molecule has 7 nitrogen and oxygen atoms in total. The summed E-state index contributed by atoms with van der Waals surface area (Å²) >= 11 is 6.54. The van der Waals surface area contributed by atoms with Crippen LogP contribution in [0.15, 0.2) is 4.34 Å². The van der Waals surface area contributed by atoms with Crippen LogP contribution in [0.25, 0.3) is 0 Å². The Labute approximate surface area is 132 Å². The number of aromatic nitrogens is 2. The molecule has 0 aliphatic heterocycles. The van der Waals surface area contributed by atoms with Gasteiger partial charge in [0.2, 0.25) is 15.4 Å². The highest BCUT2D eigenvalue weighted by Crippen LogP contribution is 2.32. The standard InChI is InChI=1S/C11H17ClN4O3S2/c1-8(17)13-10-14-15-11(20-10)21(18,19)16(7-3-6-12)9-4-2-5-9/h9H,2-7H2,1H3,(H,13,14,17). The van der Waals surface area contributed by atoms with Crippen LogP contribution in [0.2, 0.25) is 0 Å². The van der Waals surface area contributed by atoms with Gasteiger partial charge in [0.15, 0.2) is 0 Å². The van der Waals surface area contributed by atoms with Gasteiger partial charge < -0.3 is 5.32 Å². The summed E-state index contributed by atoms with van der Waals surface area (Å²) in [6.07, 6.45) is 3.34. The fraction of sp³-hybridized carbons (Fsp3) is 0.727. The number of nitrogens with one attached hydrogen (secondary N) is 1. The summed E-state index contributed by atoms with van der Waals surface area (Å²) in [5, 5.41) is 10.0. The van der Waals surface area contributed by atoms with Gasteiger partial charge in [0.25, 0.3) is 10.0 Å². The Hall–Kier alpha value is -0.770. The van der Waals surface area contributed by atoms with Crippen molar-refractivity contribution in [1.82, 2.24) is 14.5 Å². The van der Waals surface area contributed by atoms with Crippen molar-refractivity contribution in [3.05, 3.63) is 0 Å². The number of rotatable bonds is 7. The van der Waals surface area contributed by atoms with Crippen LogP contribution in [0.3, 0.4) is 0 Å². The van der Waals surface area contributed by atoms with Crippen molar-refractivity contribution >= 4 is 44.0 Å². The van der Waals surface area contributed by atoms with Gasteiger partial charge in [-0.25, -0.2) is 8.42 Å². The second-order valence-corrected chi connectivity index (χ2v) is 8.22. The Morgan fingerprint density at radius 2 is 2.19 bits per heavy atom. The molecule has 2 rings (SSSR count). The van der Waals surface area contributed by atoms with E-state index in [-0.39, 0.29) is 21.4 Å². The van der Waals surface area contributed by atoms with Crippen LogP contribution < -0.4 is 5.32 Å². The average molecular weight is 353 g/mol. The maximum Gasteiger partial charge on any atom is 0.272 e. The number of hydrogen-bond donors (Lipinski definition) is 1. The predicted molar refractivity (Wildman–Crippen MR) is 81.1 cm³/mol. The molecule has 1 amide bonds. The van der Waals surface area contributed by atoms with E-state index in [1.165, 1.54) is 11.2 Å². The quantitative estimate of drug-likeness (QED) is 0.595. The van der Waals surface area contributed by atoms with Gasteiger partial charge in [-0.05, 0) is 19.3 Å². The van der Waals surface area contributed by atoms with Gasteiger partial charge >= 0.3 is 0 Å². The van der Waals surface area contributed by atoms with Gasteiger partial charge in [-0.1, -0.05) is 17.8 Å². The molecule has 1 aliphatic carbocycles. The molecule has 0 unspecified atom stereocenters. The zero-order valence-corrected chi connectivity index (χ0v) is 14.0. The first kappa shape index (κ1) is 16.6. The monoisotopic (exact) mass is 352 g/mol. The van der Waals surface area contributed by atoms with E-state index in [0.717, 1.165) is 30.6 Å².